The number of H-pyrrole nitrogens is 1. The Labute approximate surface area is 176 Å². The number of aromatic nitrogens is 1. The SMILES string of the molecule is Cc1ccc(NC(=S)N(CCCO)Cc2cc3ccc(C)c(C)c3[nH]c2=O)cc1. The molecule has 0 amide bonds. The molecule has 0 radical (unpaired) electrons. The second-order valence-electron chi connectivity index (χ2n) is 7.39. The second-order valence-corrected chi connectivity index (χ2v) is 7.78. The molecule has 0 fully saturated rings. The van der Waals surface area contributed by atoms with Gasteiger partial charge in [-0.2, -0.15) is 0 Å². The summed E-state index contributed by atoms with van der Waals surface area (Å²) in [6.07, 6.45) is 0.569. The molecule has 3 N–H and O–H groups in total. The molecule has 0 unspecified atom stereocenters. The molecule has 1 heterocycles. The zero-order valence-corrected chi connectivity index (χ0v) is 17.9. The Morgan fingerprint density at radius 3 is 2.55 bits per heavy atom. The van der Waals surface area contributed by atoms with Gasteiger partial charge in [0.2, 0.25) is 0 Å². The van der Waals surface area contributed by atoms with E-state index in [2.05, 4.69) is 16.4 Å². The van der Waals surface area contributed by atoms with Crippen molar-refractivity contribution in [2.75, 3.05) is 18.5 Å². The van der Waals surface area contributed by atoms with E-state index in [4.69, 9.17) is 12.2 Å². The van der Waals surface area contributed by atoms with Gasteiger partial charge in [-0.15, -0.1) is 0 Å². The first kappa shape index (κ1) is 21.0. The van der Waals surface area contributed by atoms with E-state index in [0.29, 0.717) is 30.2 Å². The van der Waals surface area contributed by atoms with Crippen LogP contribution < -0.4 is 10.9 Å². The number of aliphatic hydroxyl groups is 1. The van der Waals surface area contributed by atoms with Crippen LogP contribution in [0.15, 0.2) is 47.3 Å². The molecule has 0 spiro atoms. The molecule has 0 aliphatic heterocycles. The van der Waals surface area contributed by atoms with Gasteiger partial charge in [-0.3, -0.25) is 4.79 Å². The van der Waals surface area contributed by atoms with Crippen LogP contribution in [0.3, 0.4) is 0 Å². The van der Waals surface area contributed by atoms with Crippen LogP contribution in [0.2, 0.25) is 0 Å². The minimum atomic E-state index is -0.113. The maximum Gasteiger partial charge on any atom is 0.253 e. The van der Waals surface area contributed by atoms with Crippen LogP contribution in [0.25, 0.3) is 10.9 Å². The minimum Gasteiger partial charge on any atom is -0.396 e. The number of hydrogen-bond acceptors (Lipinski definition) is 3. The van der Waals surface area contributed by atoms with Crippen LogP contribution in [0.4, 0.5) is 5.69 Å². The molecule has 2 aromatic carbocycles. The van der Waals surface area contributed by atoms with E-state index in [-0.39, 0.29) is 12.2 Å². The average molecular weight is 410 g/mol. The highest BCUT2D eigenvalue weighted by Gasteiger charge is 2.14. The van der Waals surface area contributed by atoms with Crippen molar-refractivity contribution in [3.05, 3.63) is 75.1 Å². The van der Waals surface area contributed by atoms with Gasteiger partial charge in [0, 0.05) is 24.4 Å². The van der Waals surface area contributed by atoms with Gasteiger partial charge in [-0.1, -0.05) is 29.8 Å². The van der Waals surface area contributed by atoms with E-state index >= 15 is 0 Å². The van der Waals surface area contributed by atoms with E-state index in [1.165, 1.54) is 5.56 Å². The lowest BCUT2D eigenvalue weighted by Gasteiger charge is -2.26. The van der Waals surface area contributed by atoms with Crippen LogP contribution in [0.1, 0.15) is 28.7 Å². The molecule has 6 heteroatoms. The van der Waals surface area contributed by atoms with Crippen molar-refractivity contribution < 1.29 is 5.11 Å². The van der Waals surface area contributed by atoms with Gasteiger partial charge >= 0.3 is 0 Å². The first-order valence-corrected chi connectivity index (χ1v) is 10.2. The smallest absolute Gasteiger partial charge is 0.253 e. The number of nitrogens with zero attached hydrogens (tertiary/aromatic N) is 1. The Hall–Kier alpha value is -2.70. The Bertz CT molecular complexity index is 1070. The first-order valence-electron chi connectivity index (χ1n) is 9.74. The predicted octanol–water partition coefficient (Wildman–Crippen LogP) is 4.03. The van der Waals surface area contributed by atoms with Gasteiger partial charge in [-0.05, 0) is 74.1 Å². The molecule has 5 nitrogen and oxygen atoms in total. The molecule has 0 aliphatic rings. The molecule has 1 aromatic heterocycles. The predicted molar refractivity (Wildman–Crippen MR) is 124 cm³/mol. The zero-order chi connectivity index (χ0) is 21.0. The number of aliphatic hydroxyl groups excluding tert-OH is 1. The topological polar surface area (TPSA) is 68.4 Å². The summed E-state index contributed by atoms with van der Waals surface area (Å²) in [7, 11) is 0. The number of rotatable bonds is 6. The van der Waals surface area contributed by atoms with Gasteiger partial charge < -0.3 is 20.3 Å². The number of anilines is 1. The van der Waals surface area contributed by atoms with Crippen molar-refractivity contribution in [3.63, 3.8) is 0 Å². The van der Waals surface area contributed by atoms with Crippen LogP contribution in [-0.4, -0.2) is 33.3 Å². The fourth-order valence-corrected chi connectivity index (χ4v) is 3.52. The standard InChI is InChI=1S/C23H27N3O2S/c1-15-5-9-20(10-6-15)24-23(29)26(11-4-12-27)14-19-13-18-8-7-16(2)17(3)21(18)25-22(19)28/h5-10,13,27H,4,11-12,14H2,1-3H3,(H,24,29)(H,25,28). The van der Waals surface area contributed by atoms with E-state index in [0.717, 1.165) is 27.7 Å². The third kappa shape index (κ3) is 5.02. The summed E-state index contributed by atoms with van der Waals surface area (Å²) in [5.74, 6) is 0. The summed E-state index contributed by atoms with van der Waals surface area (Å²) in [4.78, 5) is 17.7. The van der Waals surface area contributed by atoms with Crippen LogP contribution >= 0.6 is 12.2 Å². The molecular weight excluding hydrogens is 382 g/mol. The summed E-state index contributed by atoms with van der Waals surface area (Å²) in [5.41, 5.74) is 5.71. The molecular formula is C23H27N3O2S. The number of hydrogen-bond donors (Lipinski definition) is 3. The number of pyridine rings is 1. The number of benzene rings is 2. The van der Waals surface area contributed by atoms with E-state index in [1.54, 1.807) is 0 Å². The third-order valence-corrected chi connectivity index (χ3v) is 5.53. The second kappa shape index (κ2) is 9.20. The molecule has 0 saturated heterocycles. The van der Waals surface area contributed by atoms with Gasteiger partial charge in [0.1, 0.15) is 0 Å². The molecule has 0 atom stereocenters. The monoisotopic (exact) mass is 409 g/mol. The first-order chi connectivity index (χ1) is 13.9. The van der Waals surface area contributed by atoms with Gasteiger partial charge in [-0.25, -0.2) is 0 Å². The summed E-state index contributed by atoms with van der Waals surface area (Å²) in [6.45, 7) is 7.07. The van der Waals surface area contributed by atoms with Gasteiger partial charge in [0.15, 0.2) is 5.11 Å². The fraction of sp³-hybridized carbons (Fsp3) is 0.304. The largest absolute Gasteiger partial charge is 0.396 e. The minimum absolute atomic E-state index is 0.0657. The van der Waals surface area contributed by atoms with Crippen molar-refractivity contribution in [2.24, 2.45) is 0 Å². The summed E-state index contributed by atoms with van der Waals surface area (Å²) >= 11 is 5.60. The van der Waals surface area contributed by atoms with E-state index in [1.807, 2.05) is 62.1 Å². The van der Waals surface area contributed by atoms with Gasteiger partial charge in [0.25, 0.3) is 5.56 Å². The lowest BCUT2D eigenvalue weighted by atomic mass is 10.0. The van der Waals surface area contributed by atoms with Crippen molar-refractivity contribution in [2.45, 2.75) is 33.7 Å². The maximum atomic E-state index is 12.7. The van der Waals surface area contributed by atoms with E-state index < -0.39 is 0 Å². The Morgan fingerprint density at radius 1 is 1.14 bits per heavy atom. The van der Waals surface area contributed by atoms with Crippen molar-refractivity contribution in [1.29, 1.82) is 0 Å². The highest BCUT2D eigenvalue weighted by molar-refractivity contribution is 7.80. The fourth-order valence-electron chi connectivity index (χ4n) is 3.25. The molecule has 0 aliphatic carbocycles. The average Bonchev–Trinajstić information content (AvgIpc) is 2.70. The van der Waals surface area contributed by atoms with Crippen LogP contribution in [0, 0.1) is 20.8 Å². The lowest BCUT2D eigenvalue weighted by Crippen LogP contribution is -2.37. The number of thiocarbonyl (C=S) groups is 1. The van der Waals surface area contributed by atoms with Crippen molar-refractivity contribution in [3.8, 4) is 0 Å². The molecule has 3 rings (SSSR count). The zero-order valence-electron chi connectivity index (χ0n) is 17.1. The molecule has 0 saturated carbocycles. The number of aromatic amines is 1. The highest BCUT2D eigenvalue weighted by Crippen LogP contribution is 2.19. The summed E-state index contributed by atoms with van der Waals surface area (Å²) < 4.78 is 0. The Kier molecular flexibility index (Phi) is 6.67. The summed E-state index contributed by atoms with van der Waals surface area (Å²) in [5, 5.41) is 14.0. The van der Waals surface area contributed by atoms with Crippen LogP contribution in [-0.2, 0) is 6.54 Å². The third-order valence-electron chi connectivity index (χ3n) is 5.17. The molecule has 0 bridgehead atoms. The number of nitrogens with one attached hydrogen (secondary N) is 2. The Balaban J connectivity index is 1.86. The Morgan fingerprint density at radius 2 is 1.86 bits per heavy atom. The number of fused-ring (bicyclic) bond motifs is 1. The summed E-state index contributed by atoms with van der Waals surface area (Å²) in [6, 6.07) is 14.0. The quantitative estimate of drug-likeness (QED) is 0.536. The van der Waals surface area contributed by atoms with Crippen molar-refractivity contribution in [1.82, 2.24) is 9.88 Å². The molecule has 29 heavy (non-hydrogen) atoms. The normalized spacial score (nSPS) is 10.9. The van der Waals surface area contributed by atoms with Gasteiger partial charge in [0.05, 0.1) is 12.1 Å². The molecule has 152 valence electrons. The van der Waals surface area contributed by atoms with Crippen LogP contribution in [0.5, 0.6) is 0 Å². The lowest BCUT2D eigenvalue weighted by molar-refractivity contribution is 0.266. The molecule has 3 aromatic rings. The number of aryl methyl sites for hydroxylation is 3. The van der Waals surface area contributed by atoms with E-state index in [9.17, 15) is 9.90 Å². The van der Waals surface area contributed by atoms with Crippen molar-refractivity contribution >= 4 is 33.9 Å². The highest BCUT2D eigenvalue weighted by atomic mass is 32.1. The maximum absolute atomic E-state index is 12.7.